The lowest BCUT2D eigenvalue weighted by atomic mass is 10.2. The maximum absolute atomic E-state index is 12.7. The van der Waals surface area contributed by atoms with Crippen LogP contribution in [0.2, 0.25) is 0 Å². The molecule has 1 aromatic heterocycles. The molecule has 1 N–H and O–H groups in total. The summed E-state index contributed by atoms with van der Waals surface area (Å²) in [5.41, 5.74) is -0.884. The molecular formula is C13H19F3N4. The molecule has 1 aromatic rings. The summed E-state index contributed by atoms with van der Waals surface area (Å²) in [5.74, 6) is 0.174. The zero-order valence-corrected chi connectivity index (χ0v) is 11.6. The van der Waals surface area contributed by atoms with Crippen LogP contribution in [0.1, 0.15) is 32.4 Å². The van der Waals surface area contributed by atoms with Crippen LogP contribution in [0.3, 0.4) is 0 Å². The lowest BCUT2D eigenvalue weighted by Gasteiger charge is -2.26. The fourth-order valence-electron chi connectivity index (χ4n) is 2.33. The Bertz CT molecular complexity index is 447. The summed E-state index contributed by atoms with van der Waals surface area (Å²) < 4.78 is 38.1. The van der Waals surface area contributed by atoms with Gasteiger partial charge in [-0.25, -0.2) is 9.97 Å². The highest BCUT2D eigenvalue weighted by Crippen LogP contribution is 2.29. The van der Waals surface area contributed by atoms with Crippen LogP contribution in [0.15, 0.2) is 12.3 Å². The summed E-state index contributed by atoms with van der Waals surface area (Å²) in [4.78, 5) is 9.53. The van der Waals surface area contributed by atoms with E-state index in [2.05, 4.69) is 15.3 Å². The smallest absolute Gasteiger partial charge is 0.337 e. The van der Waals surface area contributed by atoms with E-state index in [4.69, 9.17) is 0 Å². The van der Waals surface area contributed by atoms with Crippen molar-refractivity contribution in [1.82, 2.24) is 15.3 Å². The minimum atomic E-state index is -4.43. The van der Waals surface area contributed by atoms with Gasteiger partial charge in [0.2, 0.25) is 5.95 Å². The van der Waals surface area contributed by atoms with Gasteiger partial charge in [0.05, 0.1) is 0 Å². The number of hydrogen-bond donors (Lipinski definition) is 1. The third-order valence-corrected chi connectivity index (χ3v) is 3.33. The standard InChI is InChI=1S/C13H19F3N4/c1-9(2)18-8-10-4-3-7-20(10)12-17-6-5-11(19-12)13(14,15)16/h5-6,9-10,18H,3-4,7-8H2,1-2H3. The Morgan fingerprint density at radius 3 is 2.85 bits per heavy atom. The molecule has 112 valence electrons. The van der Waals surface area contributed by atoms with Gasteiger partial charge in [-0.05, 0) is 18.9 Å². The van der Waals surface area contributed by atoms with Gasteiger partial charge in [-0.3, -0.25) is 0 Å². The Morgan fingerprint density at radius 2 is 2.20 bits per heavy atom. The van der Waals surface area contributed by atoms with Gasteiger partial charge >= 0.3 is 6.18 Å². The van der Waals surface area contributed by atoms with Crippen molar-refractivity contribution in [2.75, 3.05) is 18.0 Å². The second-order valence-corrected chi connectivity index (χ2v) is 5.29. The zero-order chi connectivity index (χ0) is 14.8. The van der Waals surface area contributed by atoms with E-state index in [9.17, 15) is 13.2 Å². The van der Waals surface area contributed by atoms with Crippen molar-refractivity contribution in [2.24, 2.45) is 0 Å². The third-order valence-electron chi connectivity index (χ3n) is 3.33. The molecule has 20 heavy (non-hydrogen) atoms. The minimum Gasteiger partial charge on any atom is -0.337 e. The van der Waals surface area contributed by atoms with E-state index < -0.39 is 11.9 Å². The quantitative estimate of drug-likeness (QED) is 0.924. The van der Waals surface area contributed by atoms with Crippen LogP contribution >= 0.6 is 0 Å². The molecular weight excluding hydrogens is 269 g/mol. The molecule has 0 spiro atoms. The monoisotopic (exact) mass is 288 g/mol. The Morgan fingerprint density at radius 1 is 1.45 bits per heavy atom. The predicted molar refractivity (Wildman–Crippen MR) is 70.5 cm³/mol. The molecule has 7 heteroatoms. The number of aromatic nitrogens is 2. The number of nitrogens with zero attached hydrogens (tertiary/aromatic N) is 3. The summed E-state index contributed by atoms with van der Waals surface area (Å²) in [6.45, 7) is 5.52. The van der Waals surface area contributed by atoms with Gasteiger partial charge in [0.1, 0.15) is 5.69 Å². The molecule has 0 saturated carbocycles. The maximum atomic E-state index is 12.7. The van der Waals surface area contributed by atoms with Crippen molar-refractivity contribution in [3.8, 4) is 0 Å². The number of alkyl halides is 3. The normalized spacial score (nSPS) is 19.9. The Labute approximate surface area is 116 Å². The number of anilines is 1. The first kappa shape index (κ1) is 15.0. The lowest BCUT2D eigenvalue weighted by Crippen LogP contribution is -2.41. The molecule has 0 amide bonds. The van der Waals surface area contributed by atoms with E-state index in [0.717, 1.165) is 25.5 Å². The number of hydrogen-bond acceptors (Lipinski definition) is 4. The highest BCUT2D eigenvalue weighted by Gasteiger charge is 2.34. The Hall–Kier alpha value is -1.37. The van der Waals surface area contributed by atoms with Crippen LogP contribution in [-0.2, 0) is 6.18 Å². The van der Waals surface area contributed by atoms with Crippen LogP contribution < -0.4 is 10.2 Å². The first-order valence-electron chi connectivity index (χ1n) is 6.78. The molecule has 1 atom stereocenters. The van der Waals surface area contributed by atoms with Gasteiger partial charge in [-0.1, -0.05) is 13.8 Å². The molecule has 0 aliphatic carbocycles. The predicted octanol–water partition coefficient (Wildman–Crippen LogP) is 2.46. The van der Waals surface area contributed by atoms with E-state index >= 15 is 0 Å². The second-order valence-electron chi connectivity index (χ2n) is 5.29. The van der Waals surface area contributed by atoms with Crippen molar-refractivity contribution in [3.05, 3.63) is 18.0 Å². The lowest BCUT2D eigenvalue weighted by molar-refractivity contribution is -0.141. The van der Waals surface area contributed by atoms with Gasteiger partial charge < -0.3 is 10.2 Å². The van der Waals surface area contributed by atoms with Crippen LogP contribution in [-0.4, -0.2) is 35.1 Å². The molecule has 0 radical (unpaired) electrons. The van der Waals surface area contributed by atoms with Crippen LogP contribution in [0.4, 0.5) is 19.1 Å². The third kappa shape index (κ3) is 3.59. The molecule has 4 nitrogen and oxygen atoms in total. The highest BCUT2D eigenvalue weighted by molar-refractivity contribution is 5.34. The minimum absolute atomic E-state index is 0.154. The summed E-state index contributed by atoms with van der Waals surface area (Å²) in [6.07, 6.45) is -1.36. The summed E-state index contributed by atoms with van der Waals surface area (Å²) in [6, 6.07) is 1.40. The fourth-order valence-corrected chi connectivity index (χ4v) is 2.33. The SMILES string of the molecule is CC(C)NCC1CCCN1c1nccc(C(F)(F)F)n1. The Balaban J connectivity index is 2.13. The molecule has 0 bridgehead atoms. The molecule has 2 heterocycles. The van der Waals surface area contributed by atoms with Gasteiger partial charge in [0.25, 0.3) is 0 Å². The van der Waals surface area contributed by atoms with Gasteiger partial charge in [-0.2, -0.15) is 13.2 Å². The van der Waals surface area contributed by atoms with Crippen molar-refractivity contribution in [3.63, 3.8) is 0 Å². The second kappa shape index (κ2) is 5.95. The molecule has 1 saturated heterocycles. The average Bonchev–Trinajstić information content (AvgIpc) is 2.83. The summed E-state index contributed by atoms with van der Waals surface area (Å²) in [5, 5.41) is 3.31. The van der Waals surface area contributed by atoms with Crippen molar-refractivity contribution < 1.29 is 13.2 Å². The number of rotatable bonds is 4. The van der Waals surface area contributed by atoms with Crippen molar-refractivity contribution in [2.45, 2.75) is 44.9 Å². The summed E-state index contributed by atoms with van der Waals surface area (Å²) >= 11 is 0. The zero-order valence-electron chi connectivity index (χ0n) is 11.6. The van der Waals surface area contributed by atoms with Gasteiger partial charge in [0.15, 0.2) is 0 Å². The van der Waals surface area contributed by atoms with E-state index in [1.807, 2.05) is 18.7 Å². The van der Waals surface area contributed by atoms with Crippen molar-refractivity contribution in [1.29, 1.82) is 0 Å². The van der Waals surface area contributed by atoms with E-state index in [1.165, 1.54) is 6.20 Å². The van der Waals surface area contributed by atoms with E-state index in [0.29, 0.717) is 12.6 Å². The topological polar surface area (TPSA) is 41.0 Å². The largest absolute Gasteiger partial charge is 0.433 e. The first-order valence-corrected chi connectivity index (χ1v) is 6.78. The molecule has 1 unspecified atom stereocenters. The van der Waals surface area contributed by atoms with E-state index in [1.54, 1.807) is 0 Å². The fraction of sp³-hybridized carbons (Fsp3) is 0.692. The van der Waals surface area contributed by atoms with Crippen LogP contribution in [0, 0.1) is 0 Å². The molecule has 1 aliphatic heterocycles. The highest BCUT2D eigenvalue weighted by atomic mass is 19.4. The molecule has 1 fully saturated rings. The van der Waals surface area contributed by atoms with Gasteiger partial charge in [0, 0.05) is 31.4 Å². The maximum Gasteiger partial charge on any atom is 0.433 e. The first-order chi connectivity index (χ1) is 9.38. The van der Waals surface area contributed by atoms with Crippen molar-refractivity contribution >= 4 is 5.95 Å². The number of nitrogens with one attached hydrogen (secondary N) is 1. The Kier molecular flexibility index (Phi) is 4.47. The van der Waals surface area contributed by atoms with E-state index in [-0.39, 0.29) is 12.0 Å². The molecule has 1 aliphatic rings. The van der Waals surface area contributed by atoms with Crippen LogP contribution in [0.5, 0.6) is 0 Å². The molecule has 2 rings (SSSR count). The summed E-state index contributed by atoms with van der Waals surface area (Å²) in [7, 11) is 0. The molecule has 0 aromatic carbocycles. The number of halogens is 3. The average molecular weight is 288 g/mol. The van der Waals surface area contributed by atoms with Gasteiger partial charge in [-0.15, -0.1) is 0 Å². The van der Waals surface area contributed by atoms with Crippen LogP contribution in [0.25, 0.3) is 0 Å².